The molecule has 0 saturated carbocycles. The molecule has 146 valence electrons. The smallest absolute Gasteiger partial charge is 0.127 e. The fourth-order valence-electron chi connectivity index (χ4n) is 3.19. The van der Waals surface area contributed by atoms with Crippen LogP contribution in [0.25, 0.3) is 10.8 Å². The van der Waals surface area contributed by atoms with Gasteiger partial charge in [0.05, 0.1) is 18.0 Å². The summed E-state index contributed by atoms with van der Waals surface area (Å²) in [5.41, 5.74) is 1.68. The summed E-state index contributed by atoms with van der Waals surface area (Å²) in [4.78, 5) is 0. The van der Waals surface area contributed by atoms with Crippen LogP contribution < -0.4 is 4.74 Å². The maximum Gasteiger partial charge on any atom is 0.127 e. The van der Waals surface area contributed by atoms with E-state index in [2.05, 4.69) is 52.1 Å². The molecule has 0 amide bonds. The Morgan fingerprint density at radius 2 is 1.64 bits per heavy atom. The van der Waals surface area contributed by atoms with E-state index in [1.54, 1.807) is 0 Å². The second-order valence-corrected chi connectivity index (χ2v) is 7.95. The number of benzene rings is 3. The van der Waals surface area contributed by atoms with Crippen molar-refractivity contribution in [2.24, 2.45) is 16.1 Å². The second kappa shape index (κ2) is 10.4. The third kappa shape index (κ3) is 5.41. The Kier molecular flexibility index (Phi) is 7.61. The second-order valence-electron chi connectivity index (χ2n) is 7.03. The van der Waals surface area contributed by atoms with Crippen LogP contribution in [0.2, 0.25) is 0 Å². The molecule has 0 spiro atoms. The van der Waals surface area contributed by atoms with Gasteiger partial charge in [-0.05, 0) is 48.7 Å². The molecule has 3 nitrogen and oxygen atoms in total. The van der Waals surface area contributed by atoms with Gasteiger partial charge < -0.3 is 4.74 Å². The van der Waals surface area contributed by atoms with Crippen LogP contribution in [0, 0.1) is 5.92 Å². The highest BCUT2D eigenvalue weighted by Crippen LogP contribution is 2.34. The molecule has 0 heterocycles. The van der Waals surface area contributed by atoms with Crippen LogP contribution in [-0.4, -0.2) is 6.61 Å². The van der Waals surface area contributed by atoms with E-state index in [0.29, 0.717) is 5.92 Å². The fraction of sp³-hybridized carbons (Fsp3) is 0.333. The van der Waals surface area contributed by atoms with Crippen molar-refractivity contribution in [3.8, 4) is 5.75 Å². The van der Waals surface area contributed by atoms with Gasteiger partial charge >= 0.3 is 0 Å². The van der Waals surface area contributed by atoms with E-state index in [4.69, 9.17) is 4.74 Å². The number of azo groups is 1. The third-order valence-corrected chi connectivity index (χ3v) is 5.51. The van der Waals surface area contributed by atoms with Gasteiger partial charge in [-0.3, -0.25) is 0 Å². The first-order valence-corrected chi connectivity index (χ1v) is 10.8. The van der Waals surface area contributed by atoms with E-state index in [1.807, 2.05) is 48.5 Å². The van der Waals surface area contributed by atoms with Crippen LogP contribution in [0.1, 0.15) is 39.5 Å². The van der Waals surface area contributed by atoms with Gasteiger partial charge in [-0.1, -0.05) is 73.3 Å². The largest absolute Gasteiger partial charge is 0.493 e. The molecule has 3 rings (SSSR count). The SMILES string of the molecule is CCCCC(CC)COc1ccc(/N=N/c2ccc(Br)cc2)c2ccccc12. The van der Waals surface area contributed by atoms with Gasteiger partial charge in [-0.15, -0.1) is 5.11 Å². The molecule has 0 radical (unpaired) electrons. The number of fused-ring (bicyclic) bond motifs is 1. The number of hydrogen-bond donors (Lipinski definition) is 0. The molecule has 0 aromatic heterocycles. The summed E-state index contributed by atoms with van der Waals surface area (Å²) in [5.74, 6) is 1.53. The maximum atomic E-state index is 6.22. The standard InChI is InChI=1S/C24H27BrN2O/c1-3-5-8-18(4-2)17-28-24-16-15-23(21-9-6-7-10-22(21)24)27-26-20-13-11-19(25)12-14-20/h6-7,9-16,18H,3-5,8,17H2,1-2H3/b27-26+. The van der Waals surface area contributed by atoms with E-state index >= 15 is 0 Å². The monoisotopic (exact) mass is 438 g/mol. The van der Waals surface area contributed by atoms with Crippen LogP contribution in [0.4, 0.5) is 11.4 Å². The lowest BCUT2D eigenvalue weighted by atomic mass is 10.0. The number of halogens is 1. The van der Waals surface area contributed by atoms with Crippen molar-refractivity contribution in [3.05, 3.63) is 65.1 Å². The molecular weight excluding hydrogens is 412 g/mol. The molecule has 0 bridgehead atoms. The van der Waals surface area contributed by atoms with E-state index < -0.39 is 0 Å². The van der Waals surface area contributed by atoms with Gasteiger partial charge in [-0.25, -0.2) is 0 Å². The van der Waals surface area contributed by atoms with Gasteiger partial charge in [0.1, 0.15) is 5.75 Å². The normalized spacial score (nSPS) is 12.5. The molecule has 0 aliphatic carbocycles. The Morgan fingerprint density at radius 1 is 0.893 bits per heavy atom. The minimum atomic E-state index is 0.607. The fourth-order valence-corrected chi connectivity index (χ4v) is 3.46. The summed E-state index contributed by atoms with van der Waals surface area (Å²) in [6, 6.07) is 20.1. The highest BCUT2D eigenvalue weighted by atomic mass is 79.9. The Morgan fingerprint density at radius 3 is 2.36 bits per heavy atom. The third-order valence-electron chi connectivity index (χ3n) is 4.98. The van der Waals surface area contributed by atoms with Crippen molar-refractivity contribution in [1.82, 2.24) is 0 Å². The molecule has 1 atom stereocenters. The van der Waals surface area contributed by atoms with Gasteiger partial charge in [-0.2, -0.15) is 5.11 Å². The van der Waals surface area contributed by atoms with Crippen LogP contribution in [0.3, 0.4) is 0 Å². The first-order chi connectivity index (χ1) is 13.7. The number of unbranched alkanes of at least 4 members (excludes halogenated alkanes) is 1. The summed E-state index contributed by atoms with van der Waals surface area (Å²) in [5, 5.41) is 11.0. The first kappa shape index (κ1) is 20.5. The van der Waals surface area contributed by atoms with E-state index in [1.165, 1.54) is 19.3 Å². The van der Waals surface area contributed by atoms with Gasteiger partial charge in [0, 0.05) is 15.2 Å². The van der Waals surface area contributed by atoms with Crippen molar-refractivity contribution >= 4 is 38.1 Å². The highest BCUT2D eigenvalue weighted by Gasteiger charge is 2.10. The van der Waals surface area contributed by atoms with E-state index in [-0.39, 0.29) is 0 Å². The molecule has 0 fully saturated rings. The molecule has 0 aliphatic rings. The van der Waals surface area contributed by atoms with Gasteiger partial charge in [0.25, 0.3) is 0 Å². The summed E-state index contributed by atoms with van der Waals surface area (Å²) >= 11 is 3.44. The van der Waals surface area contributed by atoms with Crippen molar-refractivity contribution in [1.29, 1.82) is 0 Å². The van der Waals surface area contributed by atoms with Crippen LogP contribution in [-0.2, 0) is 0 Å². The van der Waals surface area contributed by atoms with Crippen molar-refractivity contribution in [2.45, 2.75) is 39.5 Å². The number of rotatable bonds is 9. The van der Waals surface area contributed by atoms with Crippen molar-refractivity contribution < 1.29 is 4.74 Å². The number of hydrogen-bond acceptors (Lipinski definition) is 3. The zero-order valence-electron chi connectivity index (χ0n) is 16.6. The summed E-state index contributed by atoms with van der Waals surface area (Å²) in [6.07, 6.45) is 4.87. The molecule has 0 aliphatic heterocycles. The van der Waals surface area contributed by atoms with E-state index in [9.17, 15) is 0 Å². The zero-order chi connectivity index (χ0) is 19.8. The Hall–Kier alpha value is -2.20. The molecular formula is C24H27BrN2O. The lowest BCUT2D eigenvalue weighted by molar-refractivity contribution is 0.235. The lowest BCUT2D eigenvalue weighted by Gasteiger charge is -2.17. The highest BCUT2D eigenvalue weighted by molar-refractivity contribution is 9.10. The average molecular weight is 439 g/mol. The predicted octanol–water partition coefficient (Wildman–Crippen LogP) is 8.61. The van der Waals surface area contributed by atoms with Crippen LogP contribution in [0.15, 0.2) is 75.4 Å². The Bertz CT molecular complexity index is 922. The average Bonchev–Trinajstić information content (AvgIpc) is 2.74. The minimum Gasteiger partial charge on any atom is -0.493 e. The Balaban J connectivity index is 1.81. The van der Waals surface area contributed by atoms with Crippen LogP contribution >= 0.6 is 15.9 Å². The van der Waals surface area contributed by atoms with Gasteiger partial charge in [0.2, 0.25) is 0 Å². The Labute approximate surface area is 176 Å². The maximum absolute atomic E-state index is 6.22. The quantitative estimate of drug-likeness (QED) is 0.307. The molecule has 4 heteroatoms. The topological polar surface area (TPSA) is 34.0 Å². The molecule has 3 aromatic rings. The summed E-state index contributed by atoms with van der Waals surface area (Å²) in [6.45, 7) is 5.25. The zero-order valence-corrected chi connectivity index (χ0v) is 18.2. The predicted molar refractivity (Wildman–Crippen MR) is 121 cm³/mol. The van der Waals surface area contributed by atoms with Gasteiger partial charge in [0.15, 0.2) is 0 Å². The van der Waals surface area contributed by atoms with Crippen LogP contribution in [0.5, 0.6) is 5.75 Å². The molecule has 0 saturated heterocycles. The summed E-state index contributed by atoms with van der Waals surface area (Å²) in [7, 11) is 0. The van der Waals surface area contributed by atoms with E-state index in [0.717, 1.165) is 45.4 Å². The molecule has 3 aromatic carbocycles. The minimum absolute atomic E-state index is 0.607. The number of nitrogens with zero attached hydrogens (tertiary/aromatic N) is 2. The summed E-state index contributed by atoms with van der Waals surface area (Å²) < 4.78 is 7.25. The number of ether oxygens (including phenoxy) is 1. The van der Waals surface area contributed by atoms with Crippen molar-refractivity contribution in [3.63, 3.8) is 0 Å². The molecule has 28 heavy (non-hydrogen) atoms. The lowest BCUT2D eigenvalue weighted by Crippen LogP contribution is -2.11. The molecule has 0 N–H and O–H groups in total. The van der Waals surface area contributed by atoms with Crippen molar-refractivity contribution in [2.75, 3.05) is 6.61 Å². The molecule has 1 unspecified atom stereocenters. The first-order valence-electron chi connectivity index (χ1n) is 10.0.